The SMILES string of the molecule is CCCC(CNC(=O)C1NCCC1C)C(=O)O. The van der Waals surface area contributed by atoms with Gasteiger partial charge in [-0.1, -0.05) is 20.3 Å². The third-order valence-corrected chi connectivity index (χ3v) is 3.32. The number of hydrogen-bond donors (Lipinski definition) is 3. The fraction of sp³-hybridized carbons (Fsp3) is 0.833. The summed E-state index contributed by atoms with van der Waals surface area (Å²) < 4.78 is 0. The summed E-state index contributed by atoms with van der Waals surface area (Å²) in [6.07, 6.45) is 2.41. The van der Waals surface area contributed by atoms with Crippen LogP contribution in [0.2, 0.25) is 0 Å². The van der Waals surface area contributed by atoms with Gasteiger partial charge in [-0.2, -0.15) is 0 Å². The van der Waals surface area contributed by atoms with E-state index in [1.54, 1.807) is 0 Å². The van der Waals surface area contributed by atoms with Crippen LogP contribution in [0.15, 0.2) is 0 Å². The lowest BCUT2D eigenvalue weighted by atomic mass is 10.0. The van der Waals surface area contributed by atoms with Gasteiger partial charge in [0.25, 0.3) is 0 Å². The van der Waals surface area contributed by atoms with Crippen molar-refractivity contribution >= 4 is 11.9 Å². The molecule has 5 nitrogen and oxygen atoms in total. The Morgan fingerprint density at radius 2 is 2.24 bits per heavy atom. The van der Waals surface area contributed by atoms with Crippen LogP contribution in [0.1, 0.15) is 33.1 Å². The molecule has 17 heavy (non-hydrogen) atoms. The average Bonchev–Trinajstić information content (AvgIpc) is 2.69. The lowest BCUT2D eigenvalue weighted by Crippen LogP contribution is -2.45. The molecule has 1 aliphatic heterocycles. The Balaban J connectivity index is 2.38. The van der Waals surface area contributed by atoms with E-state index in [0.29, 0.717) is 12.3 Å². The van der Waals surface area contributed by atoms with E-state index in [2.05, 4.69) is 10.6 Å². The number of carboxylic acids is 1. The van der Waals surface area contributed by atoms with E-state index < -0.39 is 11.9 Å². The average molecular weight is 242 g/mol. The van der Waals surface area contributed by atoms with Crippen molar-refractivity contribution in [3.05, 3.63) is 0 Å². The third kappa shape index (κ3) is 4.00. The van der Waals surface area contributed by atoms with Gasteiger partial charge in [-0.15, -0.1) is 0 Å². The van der Waals surface area contributed by atoms with Crippen molar-refractivity contribution in [3.8, 4) is 0 Å². The maximum Gasteiger partial charge on any atom is 0.308 e. The summed E-state index contributed by atoms with van der Waals surface area (Å²) >= 11 is 0. The summed E-state index contributed by atoms with van der Waals surface area (Å²) in [6, 6.07) is -0.161. The van der Waals surface area contributed by atoms with Crippen molar-refractivity contribution in [2.75, 3.05) is 13.1 Å². The van der Waals surface area contributed by atoms with Crippen molar-refractivity contribution in [2.45, 2.75) is 39.2 Å². The maximum atomic E-state index is 11.8. The molecular formula is C12H22N2O3. The molecule has 1 heterocycles. The zero-order chi connectivity index (χ0) is 12.8. The molecule has 0 bridgehead atoms. The van der Waals surface area contributed by atoms with E-state index in [-0.39, 0.29) is 18.5 Å². The van der Waals surface area contributed by atoms with Gasteiger partial charge in [0.15, 0.2) is 0 Å². The van der Waals surface area contributed by atoms with Crippen molar-refractivity contribution in [3.63, 3.8) is 0 Å². The summed E-state index contributed by atoms with van der Waals surface area (Å²) in [7, 11) is 0. The molecule has 0 aromatic carbocycles. The normalized spacial score (nSPS) is 25.5. The number of hydrogen-bond acceptors (Lipinski definition) is 3. The van der Waals surface area contributed by atoms with Gasteiger partial charge in [0.05, 0.1) is 12.0 Å². The second kappa shape index (κ2) is 6.59. The van der Waals surface area contributed by atoms with Crippen LogP contribution in [-0.4, -0.2) is 36.1 Å². The van der Waals surface area contributed by atoms with Crippen molar-refractivity contribution in [1.29, 1.82) is 0 Å². The van der Waals surface area contributed by atoms with Gasteiger partial charge in [0.2, 0.25) is 5.91 Å². The van der Waals surface area contributed by atoms with E-state index in [9.17, 15) is 9.59 Å². The van der Waals surface area contributed by atoms with Gasteiger partial charge < -0.3 is 15.7 Å². The highest BCUT2D eigenvalue weighted by Gasteiger charge is 2.29. The Kier molecular flexibility index (Phi) is 5.41. The summed E-state index contributed by atoms with van der Waals surface area (Å²) in [6.45, 7) is 5.06. The molecule has 0 spiro atoms. The first-order valence-electron chi connectivity index (χ1n) is 6.30. The van der Waals surface area contributed by atoms with Crippen LogP contribution in [0.4, 0.5) is 0 Å². The maximum absolute atomic E-state index is 11.8. The number of carbonyl (C=O) groups is 2. The van der Waals surface area contributed by atoms with E-state index in [1.807, 2.05) is 13.8 Å². The molecule has 1 saturated heterocycles. The number of aliphatic carboxylic acids is 1. The van der Waals surface area contributed by atoms with E-state index in [4.69, 9.17) is 5.11 Å². The van der Waals surface area contributed by atoms with Crippen LogP contribution >= 0.6 is 0 Å². The molecular weight excluding hydrogens is 220 g/mol. The molecule has 1 amide bonds. The molecule has 0 aromatic rings. The quantitative estimate of drug-likeness (QED) is 0.637. The van der Waals surface area contributed by atoms with Gasteiger partial charge in [0.1, 0.15) is 0 Å². The highest BCUT2D eigenvalue weighted by molar-refractivity contribution is 5.83. The molecule has 1 fully saturated rings. The van der Waals surface area contributed by atoms with Crippen LogP contribution in [0.5, 0.6) is 0 Å². The monoisotopic (exact) mass is 242 g/mol. The highest BCUT2D eigenvalue weighted by atomic mass is 16.4. The lowest BCUT2D eigenvalue weighted by Gasteiger charge is -2.17. The Morgan fingerprint density at radius 3 is 2.71 bits per heavy atom. The fourth-order valence-electron chi connectivity index (χ4n) is 2.18. The molecule has 3 unspecified atom stereocenters. The van der Waals surface area contributed by atoms with E-state index in [1.165, 1.54) is 0 Å². The molecule has 1 rings (SSSR count). The second-order valence-corrected chi connectivity index (χ2v) is 4.77. The van der Waals surface area contributed by atoms with E-state index in [0.717, 1.165) is 19.4 Å². The first-order chi connectivity index (χ1) is 8.06. The van der Waals surface area contributed by atoms with Crippen LogP contribution in [0, 0.1) is 11.8 Å². The predicted molar refractivity (Wildman–Crippen MR) is 64.6 cm³/mol. The lowest BCUT2D eigenvalue weighted by molar-refractivity contribution is -0.142. The summed E-state index contributed by atoms with van der Waals surface area (Å²) in [5, 5.41) is 14.8. The van der Waals surface area contributed by atoms with Crippen LogP contribution in [-0.2, 0) is 9.59 Å². The summed E-state index contributed by atoms with van der Waals surface area (Å²) in [4.78, 5) is 22.7. The first kappa shape index (κ1) is 14.0. The third-order valence-electron chi connectivity index (χ3n) is 3.32. The van der Waals surface area contributed by atoms with Crippen molar-refractivity contribution in [2.24, 2.45) is 11.8 Å². The number of carboxylic acid groups (broad SMARTS) is 1. The van der Waals surface area contributed by atoms with Crippen LogP contribution in [0.25, 0.3) is 0 Å². The number of amides is 1. The Morgan fingerprint density at radius 1 is 1.53 bits per heavy atom. The molecule has 5 heteroatoms. The zero-order valence-corrected chi connectivity index (χ0v) is 10.5. The minimum Gasteiger partial charge on any atom is -0.481 e. The minimum absolute atomic E-state index is 0.0719. The van der Waals surface area contributed by atoms with Crippen LogP contribution in [0.3, 0.4) is 0 Å². The van der Waals surface area contributed by atoms with Gasteiger partial charge in [0, 0.05) is 6.54 Å². The van der Waals surface area contributed by atoms with Gasteiger partial charge in [-0.25, -0.2) is 0 Å². The van der Waals surface area contributed by atoms with Crippen molar-refractivity contribution < 1.29 is 14.7 Å². The van der Waals surface area contributed by atoms with Crippen LogP contribution < -0.4 is 10.6 Å². The minimum atomic E-state index is -0.834. The molecule has 98 valence electrons. The summed E-state index contributed by atoms with van der Waals surface area (Å²) in [5.41, 5.74) is 0. The second-order valence-electron chi connectivity index (χ2n) is 4.77. The molecule has 1 aliphatic rings. The van der Waals surface area contributed by atoms with Crippen molar-refractivity contribution in [1.82, 2.24) is 10.6 Å². The largest absolute Gasteiger partial charge is 0.481 e. The summed E-state index contributed by atoms with van der Waals surface area (Å²) in [5.74, 6) is -1.05. The smallest absolute Gasteiger partial charge is 0.308 e. The topological polar surface area (TPSA) is 78.4 Å². The number of carbonyl (C=O) groups excluding carboxylic acids is 1. The molecule has 0 aromatic heterocycles. The molecule has 3 atom stereocenters. The number of rotatable bonds is 6. The predicted octanol–water partition coefficient (Wildman–Crippen LogP) is 0.601. The molecule has 3 N–H and O–H groups in total. The fourth-order valence-corrected chi connectivity index (χ4v) is 2.18. The zero-order valence-electron chi connectivity index (χ0n) is 10.5. The highest BCUT2D eigenvalue weighted by Crippen LogP contribution is 2.14. The van der Waals surface area contributed by atoms with Gasteiger partial charge >= 0.3 is 5.97 Å². The Labute approximate surface area is 102 Å². The standard InChI is InChI=1S/C12H22N2O3/c1-3-4-9(12(16)17)7-14-11(15)10-8(2)5-6-13-10/h8-10,13H,3-7H2,1-2H3,(H,14,15)(H,16,17). The first-order valence-corrected chi connectivity index (χ1v) is 6.30. The molecule has 0 aliphatic carbocycles. The Hall–Kier alpha value is -1.10. The molecule has 0 saturated carbocycles. The molecule has 0 radical (unpaired) electrons. The van der Waals surface area contributed by atoms with Gasteiger partial charge in [-0.3, -0.25) is 9.59 Å². The number of nitrogens with one attached hydrogen (secondary N) is 2. The Bertz CT molecular complexity index is 281. The van der Waals surface area contributed by atoms with Gasteiger partial charge in [-0.05, 0) is 25.3 Å². The van der Waals surface area contributed by atoms with E-state index >= 15 is 0 Å².